The Bertz CT molecular complexity index is 916. The van der Waals surface area contributed by atoms with Crippen LogP contribution in [0.1, 0.15) is 54.6 Å². The molecule has 1 amide bonds. The summed E-state index contributed by atoms with van der Waals surface area (Å²) >= 11 is 0. The van der Waals surface area contributed by atoms with Gasteiger partial charge in [-0.1, -0.05) is 48.9 Å². The molecule has 1 N–H and O–H groups in total. The highest BCUT2D eigenvalue weighted by molar-refractivity contribution is 7.88. The second kappa shape index (κ2) is 9.09. The zero-order valence-electron chi connectivity index (χ0n) is 17.2. The second-order valence-electron chi connectivity index (χ2n) is 8.41. The van der Waals surface area contributed by atoms with Crippen molar-refractivity contribution in [2.45, 2.75) is 50.8 Å². The van der Waals surface area contributed by atoms with Crippen molar-refractivity contribution < 1.29 is 13.2 Å². The molecule has 29 heavy (non-hydrogen) atoms. The van der Waals surface area contributed by atoms with Gasteiger partial charge in [0, 0.05) is 24.2 Å². The first kappa shape index (κ1) is 21.5. The predicted octanol–water partition coefficient (Wildman–Crippen LogP) is 3.75. The highest BCUT2D eigenvalue weighted by atomic mass is 32.2. The SMILES string of the molecule is CC(C)(Cc1ccccc1)NC(=O)c1ccc(CS(=O)(=O)N2CCCCC2)cc1. The molecule has 1 saturated heterocycles. The van der Waals surface area contributed by atoms with Crippen LogP contribution in [0.2, 0.25) is 0 Å². The van der Waals surface area contributed by atoms with Gasteiger partial charge in [0.15, 0.2) is 0 Å². The first-order valence-corrected chi connectivity index (χ1v) is 11.8. The van der Waals surface area contributed by atoms with Crippen molar-refractivity contribution >= 4 is 15.9 Å². The molecule has 0 aromatic heterocycles. The zero-order chi connectivity index (χ0) is 20.9. The Morgan fingerprint density at radius 1 is 0.931 bits per heavy atom. The molecule has 1 aliphatic heterocycles. The largest absolute Gasteiger partial charge is 0.347 e. The smallest absolute Gasteiger partial charge is 0.251 e. The number of hydrogen-bond donors (Lipinski definition) is 1. The van der Waals surface area contributed by atoms with Gasteiger partial charge >= 0.3 is 0 Å². The van der Waals surface area contributed by atoms with Crippen molar-refractivity contribution in [3.8, 4) is 0 Å². The lowest BCUT2D eigenvalue weighted by molar-refractivity contribution is 0.0913. The van der Waals surface area contributed by atoms with E-state index in [1.807, 2.05) is 44.2 Å². The molecule has 1 fully saturated rings. The number of rotatable bonds is 7. The van der Waals surface area contributed by atoms with Gasteiger partial charge in [0.1, 0.15) is 0 Å². The molecule has 0 radical (unpaired) electrons. The Morgan fingerprint density at radius 3 is 2.17 bits per heavy atom. The Labute approximate surface area is 174 Å². The minimum absolute atomic E-state index is 0.0194. The quantitative estimate of drug-likeness (QED) is 0.750. The van der Waals surface area contributed by atoms with Crippen LogP contribution in [0.15, 0.2) is 54.6 Å². The maximum atomic E-state index is 12.7. The van der Waals surface area contributed by atoms with Gasteiger partial charge in [0.05, 0.1) is 5.75 Å². The monoisotopic (exact) mass is 414 g/mol. The molecular weight excluding hydrogens is 384 g/mol. The first-order valence-electron chi connectivity index (χ1n) is 10.2. The first-order chi connectivity index (χ1) is 13.8. The molecule has 1 heterocycles. The fraction of sp³-hybridized carbons (Fsp3) is 0.435. The van der Waals surface area contributed by atoms with E-state index < -0.39 is 15.6 Å². The van der Waals surface area contributed by atoms with Crippen LogP contribution in [0.4, 0.5) is 0 Å². The van der Waals surface area contributed by atoms with Gasteiger partial charge in [0.25, 0.3) is 5.91 Å². The summed E-state index contributed by atoms with van der Waals surface area (Å²) in [4.78, 5) is 12.7. The van der Waals surface area contributed by atoms with Gasteiger partial charge < -0.3 is 5.32 Å². The summed E-state index contributed by atoms with van der Waals surface area (Å²) in [6, 6.07) is 16.9. The van der Waals surface area contributed by atoms with E-state index >= 15 is 0 Å². The number of nitrogens with one attached hydrogen (secondary N) is 1. The maximum absolute atomic E-state index is 12.7. The van der Waals surface area contributed by atoms with Crippen molar-refractivity contribution in [3.63, 3.8) is 0 Å². The van der Waals surface area contributed by atoms with E-state index in [1.54, 1.807) is 28.6 Å². The lowest BCUT2D eigenvalue weighted by atomic mass is 9.94. The summed E-state index contributed by atoms with van der Waals surface area (Å²) in [5.74, 6) is -0.176. The van der Waals surface area contributed by atoms with E-state index in [0.29, 0.717) is 24.2 Å². The van der Waals surface area contributed by atoms with Gasteiger partial charge in [0.2, 0.25) is 10.0 Å². The number of benzene rings is 2. The zero-order valence-corrected chi connectivity index (χ0v) is 18.0. The van der Waals surface area contributed by atoms with Crippen LogP contribution >= 0.6 is 0 Å². The van der Waals surface area contributed by atoms with E-state index in [0.717, 1.165) is 31.2 Å². The minimum Gasteiger partial charge on any atom is -0.347 e. The second-order valence-corrected chi connectivity index (χ2v) is 10.4. The van der Waals surface area contributed by atoms with Crippen LogP contribution in [-0.4, -0.2) is 37.3 Å². The van der Waals surface area contributed by atoms with Crippen molar-refractivity contribution in [2.24, 2.45) is 0 Å². The van der Waals surface area contributed by atoms with Crippen LogP contribution in [-0.2, 0) is 22.2 Å². The molecule has 0 unspecified atom stereocenters. The van der Waals surface area contributed by atoms with E-state index in [-0.39, 0.29) is 11.7 Å². The van der Waals surface area contributed by atoms with E-state index in [9.17, 15) is 13.2 Å². The molecule has 6 heteroatoms. The molecule has 5 nitrogen and oxygen atoms in total. The molecule has 1 aliphatic rings. The van der Waals surface area contributed by atoms with Crippen LogP contribution in [0.25, 0.3) is 0 Å². The molecule has 3 rings (SSSR count). The summed E-state index contributed by atoms with van der Waals surface area (Å²) in [6.45, 7) is 5.22. The standard InChI is InChI=1S/C23H30N2O3S/c1-23(2,17-19-9-5-3-6-10-19)24-22(26)21-13-11-20(12-14-21)18-29(27,28)25-15-7-4-8-16-25/h3,5-6,9-14H,4,7-8,15-18H2,1-2H3,(H,24,26). The van der Waals surface area contributed by atoms with E-state index in [2.05, 4.69) is 5.32 Å². The summed E-state index contributed by atoms with van der Waals surface area (Å²) in [7, 11) is -3.30. The van der Waals surface area contributed by atoms with Gasteiger partial charge in [-0.15, -0.1) is 0 Å². The van der Waals surface area contributed by atoms with Crippen LogP contribution in [0.3, 0.4) is 0 Å². The fourth-order valence-corrected chi connectivity index (χ4v) is 5.34. The Kier molecular flexibility index (Phi) is 6.75. The number of hydrogen-bond acceptors (Lipinski definition) is 3. The number of sulfonamides is 1. The molecule has 0 aliphatic carbocycles. The third-order valence-electron chi connectivity index (χ3n) is 5.21. The maximum Gasteiger partial charge on any atom is 0.251 e. The molecule has 0 atom stereocenters. The van der Waals surface area contributed by atoms with Gasteiger partial charge in [-0.3, -0.25) is 4.79 Å². The Morgan fingerprint density at radius 2 is 1.55 bits per heavy atom. The molecule has 2 aromatic carbocycles. The van der Waals surface area contributed by atoms with Crippen molar-refractivity contribution in [3.05, 3.63) is 71.3 Å². The third kappa shape index (κ3) is 6.15. The highest BCUT2D eigenvalue weighted by Gasteiger charge is 2.25. The number of carbonyl (C=O) groups excluding carboxylic acids is 1. The summed E-state index contributed by atoms with van der Waals surface area (Å²) in [6.07, 6.45) is 3.68. The average molecular weight is 415 g/mol. The molecular formula is C23H30N2O3S. The van der Waals surface area contributed by atoms with Gasteiger partial charge in [-0.25, -0.2) is 12.7 Å². The number of carbonyl (C=O) groups is 1. The lowest BCUT2D eigenvalue weighted by Gasteiger charge is -2.27. The summed E-state index contributed by atoms with van der Waals surface area (Å²) in [5.41, 5.74) is 2.01. The van der Waals surface area contributed by atoms with Gasteiger partial charge in [-0.05, 0) is 56.4 Å². The van der Waals surface area contributed by atoms with Crippen LogP contribution in [0, 0.1) is 0 Å². The lowest BCUT2D eigenvalue weighted by Crippen LogP contribution is -2.45. The van der Waals surface area contributed by atoms with Crippen molar-refractivity contribution in [2.75, 3.05) is 13.1 Å². The van der Waals surface area contributed by atoms with Crippen molar-refractivity contribution in [1.82, 2.24) is 9.62 Å². The molecule has 0 spiro atoms. The van der Waals surface area contributed by atoms with Crippen LogP contribution < -0.4 is 5.32 Å². The number of piperidine rings is 1. The summed E-state index contributed by atoms with van der Waals surface area (Å²) in [5, 5.41) is 3.08. The molecule has 0 bridgehead atoms. The van der Waals surface area contributed by atoms with E-state index in [4.69, 9.17) is 0 Å². The normalized spacial score (nSPS) is 15.8. The third-order valence-corrected chi connectivity index (χ3v) is 7.06. The molecule has 0 saturated carbocycles. The number of amides is 1. The molecule has 156 valence electrons. The van der Waals surface area contributed by atoms with Crippen molar-refractivity contribution in [1.29, 1.82) is 0 Å². The number of nitrogens with zero attached hydrogens (tertiary/aromatic N) is 1. The Hall–Kier alpha value is -2.18. The van der Waals surface area contributed by atoms with E-state index in [1.165, 1.54) is 0 Å². The van der Waals surface area contributed by atoms with Crippen LogP contribution in [0.5, 0.6) is 0 Å². The molecule has 2 aromatic rings. The topological polar surface area (TPSA) is 66.5 Å². The van der Waals surface area contributed by atoms with Gasteiger partial charge in [-0.2, -0.15) is 0 Å². The minimum atomic E-state index is -3.30. The average Bonchev–Trinajstić information content (AvgIpc) is 2.69. The summed E-state index contributed by atoms with van der Waals surface area (Å²) < 4.78 is 26.7. The fourth-order valence-electron chi connectivity index (χ4n) is 3.73. The predicted molar refractivity (Wildman–Crippen MR) is 116 cm³/mol. The highest BCUT2D eigenvalue weighted by Crippen LogP contribution is 2.18. The Balaban J connectivity index is 1.61.